The Morgan fingerprint density at radius 1 is 1.58 bits per heavy atom. The average molecular weight is 240 g/mol. The van der Waals surface area contributed by atoms with Crippen molar-refractivity contribution >= 4 is 15.9 Å². The molecule has 0 bridgehead atoms. The van der Waals surface area contributed by atoms with E-state index in [-0.39, 0.29) is 6.67 Å². The van der Waals surface area contributed by atoms with Crippen LogP contribution < -0.4 is 0 Å². The minimum absolute atomic E-state index is 0.212. The van der Waals surface area contributed by atoms with Crippen LogP contribution in [0, 0.1) is 0 Å². The first kappa shape index (κ1) is 10.4. The molecule has 1 atom stereocenters. The van der Waals surface area contributed by atoms with Crippen LogP contribution >= 0.6 is 15.9 Å². The van der Waals surface area contributed by atoms with Gasteiger partial charge in [-0.3, -0.25) is 9.29 Å². The molecule has 12 heavy (non-hydrogen) atoms. The molecule has 1 rings (SSSR count). The molecule has 72 valence electrons. The molecule has 0 aromatic heterocycles. The van der Waals surface area contributed by atoms with Crippen LogP contribution in [0.1, 0.15) is 6.42 Å². The minimum Gasteiger partial charge on any atom is -0.375 e. The zero-order chi connectivity index (χ0) is 8.81. The van der Waals surface area contributed by atoms with Crippen molar-refractivity contribution in [2.75, 3.05) is 38.2 Å². The fraction of sp³-hybridized carbons (Fsp3) is 1.00. The van der Waals surface area contributed by atoms with Crippen LogP contribution in [0.4, 0.5) is 4.39 Å². The Morgan fingerprint density at radius 3 is 3.08 bits per heavy atom. The van der Waals surface area contributed by atoms with Gasteiger partial charge in [-0.25, -0.2) is 0 Å². The first-order valence-corrected chi connectivity index (χ1v) is 5.45. The van der Waals surface area contributed by atoms with E-state index in [1.807, 2.05) is 0 Å². The lowest BCUT2D eigenvalue weighted by Gasteiger charge is -2.31. The summed E-state index contributed by atoms with van der Waals surface area (Å²) >= 11 is 3.38. The van der Waals surface area contributed by atoms with Gasteiger partial charge in [0.2, 0.25) is 0 Å². The number of ether oxygens (including phenoxy) is 1. The van der Waals surface area contributed by atoms with E-state index < -0.39 is 0 Å². The zero-order valence-corrected chi connectivity index (χ0v) is 8.72. The molecule has 4 heteroatoms. The standard InChI is InChI=1S/C8H15BrFNO/c9-6-8-7-11(3-1-2-10)4-5-12-8/h8H,1-7H2. The normalized spacial score (nSPS) is 26.0. The summed E-state index contributed by atoms with van der Waals surface area (Å²) < 4.78 is 17.3. The van der Waals surface area contributed by atoms with Gasteiger partial charge < -0.3 is 4.74 Å². The third-order valence-corrected chi connectivity index (χ3v) is 2.73. The molecule has 0 radical (unpaired) electrons. The molecule has 0 spiro atoms. The lowest BCUT2D eigenvalue weighted by atomic mass is 10.3. The Hall–Kier alpha value is 0.330. The molecule has 1 fully saturated rings. The van der Waals surface area contributed by atoms with Crippen LogP contribution in [0.15, 0.2) is 0 Å². The third kappa shape index (κ3) is 3.37. The van der Waals surface area contributed by atoms with E-state index in [9.17, 15) is 4.39 Å². The van der Waals surface area contributed by atoms with Crippen molar-refractivity contribution < 1.29 is 9.13 Å². The highest BCUT2D eigenvalue weighted by Crippen LogP contribution is 2.07. The smallest absolute Gasteiger partial charge is 0.0906 e. The Bertz CT molecular complexity index is 126. The number of halogens is 2. The summed E-state index contributed by atoms with van der Waals surface area (Å²) in [6, 6.07) is 0. The summed E-state index contributed by atoms with van der Waals surface area (Å²) in [7, 11) is 0. The van der Waals surface area contributed by atoms with Crippen molar-refractivity contribution in [3.05, 3.63) is 0 Å². The molecule has 2 nitrogen and oxygen atoms in total. The van der Waals surface area contributed by atoms with Gasteiger partial charge in [0.15, 0.2) is 0 Å². The van der Waals surface area contributed by atoms with E-state index in [0.717, 1.165) is 31.6 Å². The maximum atomic E-state index is 11.9. The molecule has 1 unspecified atom stereocenters. The average Bonchev–Trinajstić information content (AvgIpc) is 2.15. The monoisotopic (exact) mass is 239 g/mol. The van der Waals surface area contributed by atoms with Gasteiger partial charge in [0.1, 0.15) is 0 Å². The lowest BCUT2D eigenvalue weighted by molar-refractivity contribution is -0.0157. The first-order chi connectivity index (χ1) is 5.86. The van der Waals surface area contributed by atoms with Crippen molar-refractivity contribution in [1.82, 2.24) is 4.90 Å². The summed E-state index contributed by atoms with van der Waals surface area (Å²) in [6.07, 6.45) is 0.938. The second kappa shape index (κ2) is 5.89. The topological polar surface area (TPSA) is 12.5 Å². The summed E-state index contributed by atoms with van der Waals surface area (Å²) in [5.41, 5.74) is 0. The van der Waals surface area contributed by atoms with Crippen molar-refractivity contribution in [2.45, 2.75) is 12.5 Å². The third-order valence-electron chi connectivity index (χ3n) is 2.00. The number of alkyl halides is 2. The molecule has 1 aliphatic heterocycles. The van der Waals surface area contributed by atoms with Crippen LogP contribution in [0.3, 0.4) is 0 Å². The molecule has 1 saturated heterocycles. The van der Waals surface area contributed by atoms with Gasteiger partial charge in [-0.2, -0.15) is 0 Å². The van der Waals surface area contributed by atoms with E-state index in [2.05, 4.69) is 20.8 Å². The van der Waals surface area contributed by atoms with Crippen LogP contribution in [0.5, 0.6) is 0 Å². The molecule has 0 amide bonds. The number of hydrogen-bond donors (Lipinski definition) is 0. The van der Waals surface area contributed by atoms with Crippen LogP contribution in [-0.4, -0.2) is 49.2 Å². The number of rotatable bonds is 4. The Balaban J connectivity index is 2.16. The molecule has 0 N–H and O–H groups in total. The molecular weight excluding hydrogens is 225 g/mol. The van der Waals surface area contributed by atoms with Crippen molar-refractivity contribution in [3.8, 4) is 0 Å². The highest BCUT2D eigenvalue weighted by atomic mass is 79.9. The van der Waals surface area contributed by atoms with E-state index >= 15 is 0 Å². The minimum atomic E-state index is -0.212. The fourth-order valence-corrected chi connectivity index (χ4v) is 1.75. The first-order valence-electron chi connectivity index (χ1n) is 4.32. The lowest BCUT2D eigenvalue weighted by Crippen LogP contribution is -2.43. The Morgan fingerprint density at radius 2 is 2.42 bits per heavy atom. The summed E-state index contributed by atoms with van der Waals surface area (Å²) in [6.45, 7) is 3.32. The van der Waals surface area contributed by atoms with Gasteiger partial charge in [-0.15, -0.1) is 0 Å². The van der Waals surface area contributed by atoms with Gasteiger partial charge in [0, 0.05) is 25.0 Å². The van der Waals surface area contributed by atoms with Gasteiger partial charge in [0.25, 0.3) is 0 Å². The molecule has 0 saturated carbocycles. The summed E-state index contributed by atoms with van der Waals surface area (Å²) in [5, 5.41) is 0.874. The molecule has 0 aromatic carbocycles. The maximum absolute atomic E-state index is 11.9. The second-order valence-corrected chi connectivity index (χ2v) is 3.64. The van der Waals surface area contributed by atoms with Gasteiger partial charge in [-0.05, 0) is 6.42 Å². The molecular formula is C8H15BrFNO. The molecule has 0 aromatic rings. The predicted molar refractivity (Wildman–Crippen MR) is 50.6 cm³/mol. The molecule has 1 aliphatic rings. The summed E-state index contributed by atoms with van der Waals surface area (Å²) in [5.74, 6) is 0. The highest BCUT2D eigenvalue weighted by molar-refractivity contribution is 9.09. The van der Waals surface area contributed by atoms with E-state index in [0.29, 0.717) is 12.5 Å². The van der Waals surface area contributed by atoms with Crippen LogP contribution in [0.25, 0.3) is 0 Å². The van der Waals surface area contributed by atoms with Crippen molar-refractivity contribution in [1.29, 1.82) is 0 Å². The van der Waals surface area contributed by atoms with Crippen molar-refractivity contribution in [2.24, 2.45) is 0 Å². The highest BCUT2D eigenvalue weighted by Gasteiger charge is 2.18. The van der Waals surface area contributed by atoms with Gasteiger partial charge in [-0.1, -0.05) is 15.9 Å². The molecule has 0 aliphatic carbocycles. The second-order valence-electron chi connectivity index (χ2n) is 2.99. The van der Waals surface area contributed by atoms with Gasteiger partial charge in [0.05, 0.1) is 19.4 Å². The number of morpholine rings is 1. The Kier molecular flexibility index (Phi) is 5.11. The zero-order valence-electron chi connectivity index (χ0n) is 7.14. The number of hydrogen-bond acceptors (Lipinski definition) is 2. The predicted octanol–water partition coefficient (Wildman–Crippen LogP) is 1.44. The van der Waals surface area contributed by atoms with E-state index in [4.69, 9.17) is 4.74 Å². The largest absolute Gasteiger partial charge is 0.375 e. The van der Waals surface area contributed by atoms with E-state index in [1.54, 1.807) is 0 Å². The number of nitrogens with zero attached hydrogens (tertiary/aromatic N) is 1. The van der Waals surface area contributed by atoms with E-state index in [1.165, 1.54) is 0 Å². The van der Waals surface area contributed by atoms with Crippen LogP contribution in [0.2, 0.25) is 0 Å². The molecule has 1 heterocycles. The SMILES string of the molecule is FCCCN1CCOC(CBr)C1. The fourth-order valence-electron chi connectivity index (χ4n) is 1.36. The quantitative estimate of drug-likeness (QED) is 0.689. The van der Waals surface area contributed by atoms with Crippen molar-refractivity contribution in [3.63, 3.8) is 0 Å². The van der Waals surface area contributed by atoms with Gasteiger partial charge >= 0.3 is 0 Å². The Labute approximate surface area is 81.2 Å². The van der Waals surface area contributed by atoms with Crippen LogP contribution in [-0.2, 0) is 4.74 Å². The maximum Gasteiger partial charge on any atom is 0.0906 e. The summed E-state index contributed by atoms with van der Waals surface area (Å²) in [4.78, 5) is 2.26.